The van der Waals surface area contributed by atoms with Crippen LogP contribution in [-0.4, -0.2) is 20.2 Å². The van der Waals surface area contributed by atoms with Crippen LogP contribution in [0.2, 0.25) is 0 Å². The Kier molecular flexibility index (Phi) is 3.26. The highest BCUT2D eigenvalue weighted by Gasteiger charge is 2.26. The Morgan fingerprint density at radius 1 is 1.32 bits per heavy atom. The minimum Gasteiger partial charge on any atom is -0.398 e. The molecule has 0 radical (unpaired) electrons. The molecule has 1 atom stereocenters. The van der Waals surface area contributed by atoms with Gasteiger partial charge in [0.2, 0.25) is 0 Å². The molecule has 5 nitrogen and oxygen atoms in total. The highest BCUT2D eigenvalue weighted by Crippen LogP contribution is 2.33. The van der Waals surface area contributed by atoms with Gasteiger partial charge in [-0.05, 0) is 41.0 Å². The van der Waals surface area contributed by atoms with E-state index in [0.717, 1.165) is 0 Å². The van der Waals surface area contributed by atoms with Gasteiger partial charge in [-0.15, -0.1) is 5.10 Å². The van der Waals surface area contributed by atoms with E-state index in [4.69, 9.17) is 5.73 Å². The number of hydrogen-bond acceptors (Lipinski definition) is 4. The van der Waals surface area contributed by atoms with Gasteiger partial charge >= 0.3 is 0 Å². The Morgan fingerprint density at radius 2 is 2.00 bits per heavy atom. The maximum atomic E-state index is 13.4. The lowest BCUT2D eigenvalue weighted by Crippen LogP contribution is -2.23. The third kappa shape index (κ3) is 2.57. The highest BCUT2D eigenvalue weighted by atomic mass is 19.1. The molecule has 2 aromatic rings. The molecule has 1 aromatic carbocycles. The van der Waals surface area contributed by atoms with E-state index >= 15 is 0 Å². The van der Waals surface area contributed by atoms with Crippen molar-refractivity contribution in [3.8, 4) is 11.4 Å². The molecule has 0 amide bonds. The van der Waals surface area contributed by atoms with Crippen LogP contribution in [0.5, 0.6) is 0 Å². The zero-order valence-electron chi connectivity index (χ0n) is 11.6. The summed E-state index contributed by atoms with van der Waals surface area (Å²) in [5, 5.41) is 11.7. The lowest BCUT2D eigenvalue weighted by Gasteiger charge is -2.27. The Morgan fingerprint density at radius 3 is 2.63 bits per heavy atom. The maximum Gasteiger partial charge on any atom is 0.184 e. The van der Waals surface area contributed by atoms with Gasteiger partial charge in [-0.2, -0.15) is 0 Å². The summed E-state index contributed by atoms with van der Waals surface area (Å²) in [4.78, 5) is 0. The van der Waals surface area contributed by atoms with Crippen molar-refractivity contribution in [2.24, 2.45) is 5.41 Å². The first-order valence-electron chi connectivity index (χ1n) is 6.14. The second-order valence-corrected chi connectivity index (χ2v) is 5.72. The number of rotatable bonds is 2. The molecule has 0 aliphatic rings. The van der Waals surface area contributed by atoms with E-state index in [1.807, 2.05) is 6.92 Å². The summed E-state index contributed by atoms with van der Waals surface area (Å²) in [7, 11) is 0. The van der Waals surface area contributed by atoms with Crippen molar-refractivity contribution in [1.82, 2.24) is 20.2 Å². The number of nitrogens with zero attached hydrogens (tertiary/aromatic N) is 4. The highest BCUT2D eigenvalue weighted by molar-refractivity contribution is 5.71. The molecular weight excluding hydrogens is 245 g/mol. The molecule has 2 N–H and O–H groups in total. The number of benzene rings is 1. The lowest BCUT2D eigenvalue weighted by molar-refractivity contribution is 0.243. The minimum atomic E-state index is -0.359. The van der Waals surface area contributed by atoms with Gasteiger partial charge in [-0.1, -0.05) is 20.8 Å². The number of hydrogen-bond donors (Lipinski definition) is 1. The molecule has 102 valence electrons. The molecule has 6 heteroatoms. The fraction of sp³-hybridized carbons (Fsp3) is 0.462. The van der Waals surface area contributed by atoms with Crippen molar-refractivity contribution in [2.75, 3.05) is 5.73 Å². The van der Waals surface area contributed by atoms with Crippen molar-refractivity contribution in [3.05, 3.63) is 24.0 Å². The minimum absolute atomic E-state index is 0.0216. The number of tetrazole rings is 1. The van der Waals surface area contributed by atoms with Gasteiger partial charge in [-0.3, -0.25) is 0 Å². The lowest BCUT2D eigenvalue weighted by atomic mass is 9.88. The molecule has 2 rings (SSSR count). The summed E-state index contributed by atoms with van der Waals surface area (Å²) in [6, 6.07) is 4.25. The zero-order chi connectivity index (χ0) is 14.2. The van der Waals surface area contributed by atoms with Crippen molar-refractivity contribution in [3.63, 3.8) is 0 Å². The maximum absolute atomic E-state index is 13.4. The molecule has 1 heterocycles. The van der Waals surface area contributed by atoms with Gasteiger partial charge in [0.05, 0.1) is 6.04 Å². The summed E-state index contributed by atoms with van der Waals surface area (Å²) in [5.74, 6) is 0.126. The SMILES string of the molecule is CC(n1nnnc1-c1cc(F)ccc1N)C(C)(C)C. The van der Waals surface area contributed by atoms with Gasteiger partial charge < -0.3 is 5.73 Å². The predicted octanol–water partition coefficient (Wildman–Crippen LogP) is 2.67. The Balaban J connectivity index is 2.53. The summed E-state index contributed by atoms with van der Waals surface area (Å²) in [5.41, 5.74) is 6.83. The Labute approximate surface area is 111 Å². The first-order chi connectivity index (χ1) is 8.80. The fourth-order valence-electron chi connectivity index (χ4n) is 1.72. The van der Waals surface area contributed by atoms with E-state index in [-0.39, 0.29) is 17.3 Å². The largest absolute Gasteiger partial charge is 0.398 e. The molecule has 1 aromatic heterocycles. The number of nitrogens with two attached hydrogens (primary N) is 1. The van der Waals surface area contributed by atoms with Crippen LogP contribution in [0.1, 0.15) is 33.7 Å². The number of aromatic nitrogens is 4. The average Bonchev–Trinajstić information content (AvgIpc) is 2.78. The Bertz CT molecular complexity index is 585. The smallest absolute Gasteiger partial charge is 0.184 e. The molecular formula is C13H18FN5. The van der Waals surface area contributed by atoms with Crippen LogP contribution < -0.4 is 5.73 Å². The first kappa shape index (κ1) is 13.5. The van der Waals surface area contributed by atoms with Gasteiger partial charge in [0, 0.05) is 11.3 Å². The fourth-order valence-corrected chi connectivity index (χ4v) is 1.72. The third-order valence-electron chi connectivity index (χ3n) is 3.37. The molecule has 1 unspecified atom stereocenters. The number of nitrogen functional groups attached to an aromatic ring is 1. The van der Waals surface area contributed by atoms with Crippen LogP contribution in [0.3, 0.4) is 0 Å². The standard InChI is InChI=1S/C13H18FN5/c1-8(13(2,3)4)19-12(16-17-18-19)10-7-9(14)5-6-11(10)15/h5-8H,15H2,1-4H3. The molecule has 0 saturated heterocycles. The van der Waals surface area contributed by atoms with Gasteiger partial charge in [0.15, 0.2) is 5.82 Å². The quantitative estimate of drug-likeness (QED) is 0.846. The molecule has 0 fully saturated rings. The van der Waals surface area contributed by atoms with E-state index in [1.54, 1.807) is 4.68 Å². The normalized spacial score (nSPS) is 13.5. The Hall–Kier alpha value is -1.98. The summed E-state index contributed by atoms with van der Waals surface area (Å²) < 4.78 is 15.1. The van der Waals surface area contributed by atoms with E-state index in [1.165, 1.54) is 18.2 Å². The van der Waals surface area contributed by atoms with Crippen molar-refractivity contribution >= 4 is 5.69 Å². The van der Waals surface area contributed by atoms with Gasteiger partial charge in [0.25, 0.3) is 0 Å². The zero-order valence-corrected chi connectivity index (χ0v) is 11.6. The van der Waals surface area contributed by atoms with Crippen LogP contribution in [0.15, 0.2) is 18.2 Å². The van der Waals surface area contributed by atoms with E-state index in [9.17, 15) is 4.39 Å². The molecule has 19 heavy (non-hydrogen) atoms. The topological polar surface area (TPSA) is 69.6 Å². The van der Waals surface area contributed by atoms with E-state index in [2.05, 4.69) is 36.3 Å². The third-order valence-corrected chi connectivity index (χ3v) is 3.37. The van der Waals surface area contributed by atoms with Crippen molar-refractivity contribution in [2.45, 2.75) is 33.7 Å². The van der Waals surface area contributed by atoms with Crippen molar-refractivity contribution in [1.29, 1.82) is 0 Å². The van der Waals surface area contributed by atoms with Crippen LogP contribution in [-0.2, 0) is 0 Å². The van der Waals surface area contributed by atoms with Gasteiger partial charge in [-0.25, -0.2) is 9.07 Å². The average molecular weight is 263 g/mol. The van der Waals surface area contributed by atoms with Crippen molar-refractivity contribution < 1.29 is 4.39 Å². The van der Waals surface area contributed by atoms with Crippen LogP contribution in [0.25, 0.3) is 11.4 Å². The molecule has 0 aliphatic heterocycles. The van der Waals surface area contributed by atoms with Gasteiger partial charge in [0.1, 0.15) is 5.82 Å². The second kappa shape index (κ2) is 4.60. The van der Waals surface area contributed by atoms with Crippen LogP contribution >= 0.6 is 0 Å². The number of halogens is 1. The first-order valence-corrected chi connectivity index (χ1v) is 6.14. The summed E-state index contributed by atoms with van der Waals surface area (Å²) >= 11 is 0. The molecule has 0 aliphatic carbocycles. The molecule has 0 bridgehead atoms. The predicted molar refractivity (Wildman–Crippen MR) is 71.8 cm³/mol. The summed E-state index contributed by atoms with van der Waals surface area (Å²) in [6.07, 6.45) is 0. The summed E-state index contributed by atoms with van der Waals surface area (Å²) in [6.45, 7) is 8.31. The molecule has 0 saturated carbocycles. The van der Waals surface area contributed by atoms with E-state index < -0.39 is 0 Å². The van der Waals surface area contributed by atoms with E-state index in [0.29, 0.717) is 17.1 Å². The second-order valence-electron chi connectivity index (χ2n) is 5.72. The van der Waals surface area contributed by atoms with Crippen LogP contribution in [0.4, 0.5) is 10.1 Å². The molecule has 0 spiro atoms. The van der Waals surface area contributed by atoms with Crippen LogP contribution in [0, 0.1) is 11.2 Å². The number of anilines is 1. The monoisotopic (exact) mass is 263 g/mol.